The zero-order valence-electron chi connectivity index (χ0n) is 6.40. The Morgan fingerprint density at radius 2 is 2.25 bits per heavy atom. The van der Waals surface area contributed by atoms with Gasteiger partial charge in [-0.25, -0.2) is 0 Å². The summed E-state index contributed by atoms with van der Waals surface area (Å²) in [4.78, 5) is 14.0. The molecule has 0 spiro atoms. The number of aliphatic imine (C=N–C) groups is 1. The summed E-state index contributed by atoms with van der Waals surface area (Å²) < 4.78 is 0.602. The van der Waals surface area contributed by atoms with E-state index in [1.807, 2.05) is 0 Å². The molecule has 0 aromatic rings. The third-order valence-corrected chi connectivity index (χ3v) is 1.31. The van der Waals surface area contributed by atoms with Gasteiger partial charge in [-0.2, -0.15) is 0 Å². The molecule has 12 heavy (non-hydrogen) atoms. The number of allylic oxidation sites excluding steroid dienone is 3. The van der Waals surface area contributed by atoms with Crippen molar-refractivity contribution in [3.63, 3.8) is 0 Å². The smallest absolute Gasteiger partial charge is 0.242 e. The quantitative estimate of drug-likeness (QED) is 0.443. The van der Waals surface area contributed by atoms with Crippen LogP contribution in [0.25, 0.3) is 0 Å². The molecule has 3 nitrogen and oxygen atoms in total. The normalized spacial score (nSPS) is 12.6. The van der Waals surface area contributed by atoms with Gasteiger partial charge in [0.1, 0.15) is 0 Å². The Bertz CT molecular complexity index is 254. The van der Waals surface area contributed by atoms with Crippen molar-refractivity contribution in [3.8, 4) is 0 Å². The van der Waals surface area contributed by atoms with E-state index in [0.717, 1.165) is 0 Å². The van der Waals surface area contributed by atoms with Gasteiger partial charge in [0.2, 0.25) is 5.91 Å². The molecule has 0 saturated carbocycles. The summed E-state index contributed by atoms with van der Waals surface area (Å²) in [5, 5.41) is 0. The van der Waals surface area contributed by atoms with E-state index in [1.54, 1.807) is 18.4 Å². The van der Waals surface area contributed by atoms with E-state index in [0.29, 0.717) is 4.48 Å². The van der Waals surface area contributed by atoms with Crippen molar-refractivity contribution >= 4 is 28.1 Å². The minimum Gasteiger partial charge on any atom is -0.366 e. The summed E-state index contributed by atoms with van der Waals surface area (Å²) >= 11 is 3.12. The molecule has 4 heteroatoms. The summed E-state index contributed by atoms with van der Waals surface area (Å²) in [6.07, 6.45) is 7.53. The van der Waals surface area contributed by atoms with Crippen molar-refractivity contribution in [2.24, 2.45) is 10.7 Å². The van der Waals surface area contributed by atoms with Crippen molar-refractivity contribution in [3.05, 3.63) is 35.5 Å². The number of carbonyl (C=O) groups excluding carboxylic acids is 1. The summed E-state index contributed by atoms with van der Waals surface area (Å²) in [5.74, 6) is -0.493. The maximum absolute atomic E-state index is 10.3. The first kappa shape index (κ1) is 10.8. The lowest BCUT2D eigenvalue weighted by Crippen LogP contribution is -2.05. The van der Waals surface area contributed by atoms with E-state index in [2.05, 4.69) is 27.5 Å². The summed E-state index contributed by atoms with van der Waals surface area (Å²) in [7, 11) is 0. The fraction of sp³-hybridized carbons (Fsp3) is 0. The molecule has 0 radical (unpaired) electrons. The van der Waals surface area contributed by atoms with Crippen molar-refractivity contribution in [1.82, 2.24) is 0 Å². The Labute approximate surface area is 79.5 Å². The number of nitrogens with zero attached hydrogens (tertiary/aromatic N) is 1. The van der Waals surface area contributed by atoms with Crippen LogP contribution in [-0.4, -0.2) is 12.1 Å². The Morgan fingerprint density at radius 1 is 1.58 bits per heavy atom. The third-order valence-electron chi connectivity index (χ3n) is 0.813. The largest absolute Gasteiger partial charge is 0.366 e. The number of primary amides is 1. The highest BCUT2D eigenvalue weighted by Gasteiger charge is 1.86. The first-order valence-electron chi connectivity index (χ1n) is 3.14. The van der Waals surface area contributed by atoms with Gasteiger partial charge in [0, 0.05) is 23.0 Å². The molecule has 0 saturated heterocycles. The molecule has 0 rings (SSSR count). The monoisotopic (exact) mass is 228 g/mol. The van der Waals surface area contributed by atoms with E-state index < -0.39 is 5.91 Å². The molecule has 0 aromatic heterocycles. The highest BCUT2D eigenvalue weighted by atomic mass is 79.9. The van der Waals surface area contributed by atoms with Crippen molar-refractivity contribution in [2.45, 2.75) is 0 Å². The van der Waals surface area contributed by atoms with Crippen LogP contribution in [-0.2, 0) is 4.79 Å². The molecule has 0 aliphatic rings. The van der Waals surface area contributed by atoms with E-state index >= 15 is 0 Å². The molecule has 2 N–H and O–H groups in total. The van der Waals surface area contributed by atoms with Gasteiger partial charge in [0.15, 0.2) is 0 Å². The third kappa shape index (κ3) is 6.95. The average molecular weight is 229 g/mol. The Kier molecular flexibility index (Phi) is 5.91. The Hall–Kier alpha value is -1.16. The van der Waals surface area contributed by atoms with Gasteiger partial charge in [-0.15, -0.1) is 0 Å². The molecule has 0 heterocycles. The van der Waals surface area contributed by atoms with Gasteiger partial charge in [0.25, 0.3) is 0 Å². The van der Waals surface area contributed by atoms with Crippen LogP contribution in [0.5, 0.6) is 0 Å². The van der Waals surface area contributed by atoms with Crippen LogP contribution in [0.3, 0.4) is 0 Å². The fourth-order valence-electron chi connectivity index (χ4n) is 0.430. The molecule has 64 valence electrons. The number of amides is 1. The summed E-state index contributed by atoms with van der Waals surface area (Å²) in [6.45, 7) is 3.39. The molecule has 1 amide bonds. The molecule has 0 aromatic carbocycles. The number of carbonyl (C=O) groups is 1. The second-order valence-electron chi connectivity index (χ2n) is 1.77. The van der Waals surface area contributed by atoms with Crippen LogP contribution < -0.4 is 5.73 Å². The fourth-order valence-corrected chi connectivity index (χ4v) is 0.808. The molecule has 0 unspecified atom stereocenters. The van der Waals surface area contributed by atoms with Gasteiger partial charge in [-0.3, -0.25) is 9.79 Å². The second kappa shape index (κ2) is 6.54. The maximum atomic E-state index is 10.3. The van der Waals surface area contributed by atoms with Crippen LogP contribution in [0.1, 0.15) is 0 Å². The van der Waals surface area contributed by atoms with Gasteiger partial charge in [-0.05, 0) is 12.2 Å². The van der Waals surface area contributed by atoms with Crippen molar-refractivity contribution in [1.29, 1.82) is 0 Å². The molecule has 0 aliphatic heterocycles. The molecular formula is C8H9BrN2O. The lowest BCUT2D eigenvalue weighted by atomic mass is 10.4. The number of halogens is 1. The SMILES string of the molecule is C=CN=C/C=C\C(Br)=C\C(N)=O. The zero-order chi connectivity index (χ0) is 9.40. The van der Waals surface area contributed by atoms with Crippen molar-refractivity contribution < 1.29 is 4.79 Å². The first-order chi connectivity index (χ1) is 5.66. The highest BCUT2D eigenvalue weighted by molar-refractivity contribution is 9.11. The van der Waals surface area contributed by atoms with Crippen molar-refractivity contribution in [2.75, 3.05) is 0 Å². The van der Waals surface area contributed by atoms with Gasteiger partial charge in [-0.1, -0.05) is 22.5 Å². The Balaban J connectivity index is 4.07. The lowest BCUT2D eigenvalue weighted by molar-refractivity contribution is -0.113. The summed E-state index contributed by atoms with van der Waals surface area (Å²) in [6, 6.07) is 0. The van der Waals surface area contributed by atoms with Crippen LogP contribution in [0.2, 0.25) is 0 Å². The number of hydrogen-bond acceptors (Lipinski definition) is 2. The molecule has 0 bridgehead atoms. The number of rotatable bonds is 4. The second-order valence-corrected chi connectivity index (χ2v) is 2.69. The molecule has 0 atom stereocenters. The van der Waals surface area contributed by atoms with Gasteiger partial charge in [0.05, 0.1) is 0 Å². The van der Waals surface area contributed by atoms with Gasteiger partial charge < -0.3 is 5.73 Å². The highest BCUT2D eigenvalue weighted by Crippen LogP contribution is 2.04. The maximum Gasteiger partial charge on any atom is 0.242 e. The lowest BCUT2D eigenvalue weighted by Gasteiger charge is -1.84. The predicted molar refractivity (Wildman–Crippen MR) is 54.0 cm³/mol. The van der Waals surface area contributed by atoms with Crippen LogP contribution in [0.15, 0.2) is 40.5 Å². The van der Waals surface area contributed by atoms with E-state index in [9.17, 15) is 4.79 Å². The van der Waals surface area contributed by atoms with Crippen LogP contribution in [0.4, 0.5) is 0 Å². The van der Waals surface area contributed by atoms with E-state index in [4.69, 9.17) is 5.73 Å². The minimum absolute atomic E-state index is 0.493. The number of hydrogen-bond donors (Lipinski definition) is 1. The predicted octanol–water partition coefficient (Wildman–Crippen LogP) is 1.52. The van der Waals surface area contributed by atoms with E-state index in [1.165, 1.54) is 12.3 Å². The van der Waals surface area contributed by atoms with Crippen LogP contribution in [0, 0.1) is 0 Å². The standard InChI is InChI=1S/C8H9BrN2O/c1-2-11-5-3-4-7(9)6-8(10)12/h2-6H,1H2,(H2,10,12)/b4-3-,7-6-,11-5?. The average Bonchev–Trinajstić information content (AvgIpc) is 1.97. The molecule has 0 fully saturated rings. The Morgan fingerprint density at radius 3 is 2.75 bits per heavy atom. The zero-order valence-corrected chi connectivity index (χ0v) is 7.99. The number of nitrogens with two attached hydrogens (primary N) is 1. The topological polar surface area (TPSA) is 55.4 Å². The molecular weight excluding hydrogens is 220 g/mol. The first-order valence-corrected chi connectivity index (χ1v) is 3.93. The molecule has 0 aliphatic carbocycles. The van der Waals surface area contributed by atoms with Gasteiger partial charge >= 0.3 is 0 Å². The summed E-state index contributed by atoms with van der Waals surface area (Å²) in [5.41, 5.74) is 4.89. The van der Waals surface area contributed by atoms with E-state index in [-0.39, 0.29) is 0 Å². The van der Waals surface area contributed by atoms with Crippen LogP contribution >= 0.6 is 15.9 Å². The minimum atomic E-state index is -0.493.